The summed E-state index contributed by atoms with van der Waals surface area (Å²) < 4.78 is 0. The van der Waals surface area contributed by atoms with Crippen molar-refractivity contribution in [2.75, 3.05) is 18.5 Å². The molecule has 1 atom stereocenters. The summed E-state index contributed by atoms with van der Waals surface area (Å²) in [6.07, 6.45) is -0.410. The Hall–Kier alpha value is -1.59. The molecule has 4 N–H and O–H groups in total. The maximum Gasteiger partial charge on any atom is 0.225 e. The molecule has 1 amide bonds. The van der Waals surface area contributed by atoms with Crippen molar-refractivity contribution in [1.82, 2.24) is 5.32 Å². The third kappa shape index (κ3) is 3.05. The van der Waals surface area contributed by atoms with E-state index in [2.05, 4.69) is 10.6 Å². The summed E-state index contributed by atoms with van der Waals surface area (Å²) in [7, 11) is 0. The molecule has 0 aliphatic carbocycles. The lowest BCUT2D eigenvalue weighted by Gasteiger charge is -2.33. The van der Waals surface area contributed by atoms with Crippen LogP contribution >= 0.6 is 0 Å². The third-order valence-corrected chi connectivity index (χ3v) is 3.33. The van der Waals surface area contributed by atoms with E-state index in [4.69, 9.17) is 5.11 Å². The molecule has 0 saturated heterocycles. The highest BCUT2D eigenvalue weighted by molar-refractivity contribution is 5.82. The molecule has 0 bridgehead atoms. The van der Waals surface area contributed by atoms with Crippen molar-refractivity contribution >= 4 is 11.6 Å². The highest BCUT2D eigenvalue weighted by Crippen LogP contribution is 2.30. The van der Waals surface area contributed by atoms with Crippen LogP contribution in [0.25, 0.3) is 0 Å². The van der Waals surface area contributed by atoms with Gasteiger partial charge in [-0.2, -0.15) is 0 Å². The molecule has 5 nitrogen and oxygen atoms in total. The summed E-state index contributed by atoms with van der Waals surface area (Å²) in [5.41, 5.74) is 2.60. The minimum atomic E-state index is -0.782. The van der Waals surface area contributed by atoms with Gasteiger partial charge in [-0.05, 0) is 37.1 Å². The number of aliphatic hydroxyl groups excluding tert-OH is 2. The topological polar surface area (TPSA) is 81.6 Å². The summed E-state index contributed by atoms with van der Waals surface area (Å²) in [5.74, 6) is 0.0186. The second-order valence-corrected chi connectivity index (χ2v) is 5.44. The molecule has 0 saturated carbocycles. The second kappa shape index (κ2) is 5.19. The van der Waals surface area contributed by atoms with Gasteiger partial charge in [-0.3, -0.25) is 4.79 Å². The number of carbonyl (C=O) groups excluding carboxylic acids is 1. The van der Waals surface area contributed by atoms with E-state index >= 15 is 0 Å². The van der Waals surface area contributed by atoms with Gasteiger partial charge in [0.05, 0.1) is 24.7 Å². The summed E-state index contributed by atoms with van der Waals surface area (Å²) >= 11 is 0. The Balaban J connectivity index is 2.19. The number of rotatable bonds is 4. The number of carbonyl (C=O) groups is 1. The van der Waals surface area contributed by atoms with E-state index in [1.54, 1.807) is 0 Å². The molecule has 0 spiro atoms. The lowest BCUT2D eigenvalue weighted by molar-refractivity contribution is -0.122. The van der Waals surface area contributed by atoms with Crippen LogP contribution in [-0.4, -0.2) is 35.4 Å². The quantitative estimate of drug-likeness (QED) is 0.633. The van der Waals surface area contributed by atoms with Gasteiger partial charge in [0.15, 0.2) is 0 Å². The highest BCUT2D eigenvalue weighted by atomic mass is 16.3. The highest BCUT2D eigenvalue weighted by Gasteiger charge is 2.30. The van der Waals surface area contributed by atoms with E-state index in [-0.39, 0.29) is 24.6 Å². The molecule has 104 valence electrons. The van der Waals surface area contributed by atoms with E-state index in [1.807, 2.05) is 32.0 Å². The lowest BCUT2D eigenvalue weighted by Crippen LogP contribution is -2.46. The normalized spacial score (nSPS) is 18.4. The summed E-state index contributed by atoms with van der Waals surface area (Å²) in [6.45, 7) is 3.97. The minimum absolute atomic E-state index is 0.0186. The number of nitrogens with one attached hydrogen (secondary N) is 2. The van der Waals surface area contributed by atoms with Crippen LogP contribution in [0.3, 0.4) is 0 Å². The molecular weight excluding hydrogens is 244 g/mol. The number of hydrogen-bond acceptors (Lipinski definition) is 4. The van der Waals surface area contributed by atoms with E-state index in [9.17, 15) is 9.90 Å². The smallest absolute Gasteiger partial charge is 0.225 e. The molecule has 1 aliphatic rings. The fraction of sp³-hybridized carbons (Fsp3) is 0.500. The number of hydrogen-bond donors (Lipinski definition) is 4. The molecule has 0 radical (unpaired) electrons. The fourth-order valence-electron chi connectivity index (χ4n) is 2.39. The first-order valence-electron chi connectivity index (χ1n) is 6.39. The van der Waals surface area contributed by atoms with Gasteiger partial charge in [-0.25, -0.2) is 0 Å². The molecule has 5 heteroatoms. The molecule has 2 rings (SSSR count). The Labute approximate surface area is 112 Å². The van der Waals surface area contributed by atoms with Crippen molar-refractivity contribution in [1.29, 1.82) is 0 Å². The van der Waals surface area contributed by atoms with Gasteiger partial charge in [0.1, 0.15) is 0 Å². The van der Waals surface area contributed by atoms with Crippen molar-refractivity contribution in [2.45, 2.75) is 31.9 Å². The number of aliphatic hydroxyl groups is 2. The molecular formula is C14H20N2O3. The van der Waals surface area contributed by atoms with E-state index in [0.717, 1.165) is 16.8 Å². The van der Waals surface area contributed by atoms with E-state index in [1.165, 1.54) is 0 Å². The summed E-state index contributed by atoms with van der Waals surface area (Å²) in [6, 6.07) is 5.84. The average molecular weight is 264 g/mol. The molecule has 1 aromatic carbocycles. The van der Waals surface area contributed by atoms with Gasteiger partial charge in [0, 0.05) is 12.2 Å². The second-order valence-electron chi connectivity index (χ2n) is 5.44. The van der Waals surface area contributed by atoms with Gasteiger partial charge in [-0.1, -0.05) is 6.07 Å². The Morgan fingerprint density at radius 2 is 2.21 bits per heavy atom. The van der Waals surface area contributed by atoms with Crippen molar-refractivity contribution in [3.05, 3.63) is 29.3 Å². The number of amides is 1. The SMILES string of the molecule is CC1(C)NC(=O)Cc2cc(NCC(O)CO)ccc21. The number of anilines is 1. The van der Waals surface area contributed by atoms with Crippen LogP contribution in [0.5, 0.6) is 0 Å². The zero-order valence-electron chi connectivity index (χ0n) is 11.2. The average Bonchev–Trinajstić information content (AvgIpc) is 2.34. The monoisotopic (exact) mass is 264 g/mol. The Kier molecular flexibility index (Phi) is 3.78. The molecule has 1 aliphatic heterocycles. The number of fused-ring (bicyclic) bond motifs is 1. The van der Waals surface area contributed by atoms with Gasteiger partial charge >= 0.3 is 0 Å². The van der Waals surface area contributed by atoms with Crippen molar-refractivity contribution < 1.29 is 15.0 Å². The molecule has 1 aromatic rings. The van der Waals surface area contributed by atoms with Gasteiger partial charge in [0.25, 0.3) is 0 Å². The molecule has 0 fully saturated rings. The first-order valence-corrected chi connectivity index (χ1v) is 6.39. The van der Waals surface area contributed by atoms with Crippen molar-refractivity contribution in [3.63, 3.8) is 0 Å². The van der Waals surface area contributed by atoms with Crippen LogP contribution in [0.1, 0.15) is 25.0 Å². The molecule has 19 heavy (non-hydrogen) atoms. The van der Waals surface area contributed by atoms with E-state index < -0.39 is 6.10 Å². The van der Waals surface area contributed by atoms with Gasteiger partial charge in [-0.15, -0.1) is 0 Å². The van der Waals surface area contributed by atoms with Crippen LogP contribution in [0.15, 0.2) is 18.2 Å². The maximum atomic E-state index is 11.7. The molecule has 1 heterocycles. The van der Waals surface area contributed by atoms with Crippen LogP contribution in [0.2, 0.25) is 0 Å². The predicted octanol–water partition coefficient (Wildman–Crippen LogP) is 0.359. The minimum Gasteiger partial charge on any atom is -0.394 e. The molecule has 1 unspecified atom stereocenters. The van der Waals surface area contributed by atoms with E-state index in [0.29, 0.717) is 6.42 Å². The standard InChI is InChI=1S/C14H20N2O3/c1-14(2)12-4-3-10(15-7-11(18)8-17)5-9(12)6-13(19)16-14/h3-5,11,15,17-18H,6-8H2,1-2H3,(H,16,19). The Morgan fingerprint density at radius 1 is 1.47 bits per heavy atom. The van der Waals surface area contributed by atoms with Crippen LogP contribution in [0.4, 0.5) is 5.69 Å². The maximum absolute atomic E-state index is 11.7. The van der Waals surface area contributed by atoms with Crippen LogP contribution in [0, 0.1) is 0 Å². The first kappa shape index (κ1) is 13.8. The largest absolute Gasteiger partial charge is 0.394 e. The Bertz CT molecular complexity index is 486. The van der Waals surface area contributed by atoms with Crippen molar-refractivity contribution in [2.24, 2.45) is 0 Å². The zero-order chi connectivity index (χ0) is 14.0. The molecule has 0 aromatic heterocycles. The third-order valence-electron chi connectivity index (χ3n) is 3.33. The zero-order valence-corrected chi connectivity index (χ0v) is 11.2. The van der Waals surface area contributed by atoms with Crippen LogP contribution < -0.4 is 10.6 Å². The number of benzene rings is 1. The first-order chi connectivity index (χ1) is 8.92. The fourth-order valence-corrected chi connectivity index (χ4v) is 2.39. The summed E-state index contributed by atoms with van der Waals surface area (Å²) in [4.78, 5) is 11.7. The predicted molar refractivity (Wildman–Crippen MR) is 72.9 cm³/mol. The summed E-state index contributed by atoms with van der Waals surface area (Å²) in [5, 5.41) is 24.1. The van der Waals surface area contributed by atoms with Crippen molar-refractivity contribution in [3.8, 4) is 0 Å². The Morgan fingerprint density at radius 3 is 2.89 bits per heavy atom. The van der Waals surface area contributed by atoms with Crippen LogP contribution in [-0.2, 0) is 16.8 Å². The lowest BCUT2D eigenvalue weighted by atomic mass is 9.85. The van der Waals surface area contributed by atoms with Gasteiger partial charge in [0.2, 0.25) is 5.91 Å². The van der Waals surface area contributed by atoms with Gasteiger partial charge < -0.3 is 20.8 Å².